The lowest BCUT2D eigenvalue weighted by atomic mass is 10.0. The summed E-state index contributed by atoms with van der Waals surface area (Å²) in [6, 6.07) is 13.0. The van der Waals surface area contributed by atoms with E-state index in [4.69, 9.17) is 11.6 Å². The zero-order valence-electron chi connectivity index (χ0n) is 15.4. The molecular weight excluding hydrogens is 346 g/mol. The van der Waals surface area contributed by atoms with Gasteiger partial charge < -0.3 is 10.2 Å². The maximum absolute atomic E-state index is 12.8. The van der Waals surface area contributed by atoms with Crippen molar-refractivity contribution in [2.75, 3.05) is 20.6 Å². The van der Waals surface area contributed by atoms with E-state index in [9.17, 15) is 4.79 Å². The maximum atomic E-state index is 12.8. The van der Waals surface area contributed by atoms with Crippen LogP contribution in [0.4, 0.5) is 0 Å². The molecule has 2 aromatic carbocycles. The number of hydrogen-bond donors (Lipinski definition) is 1. The summed E-state index contributed by atoms with van der Waals surface area (Å²) in [5, 5.41) is 3.76. The first kappa shape index (κ1) is 19.9. The number of likely N-dealkylation sites (N-methyl/N-ethyl adjacent to an activating group) is 1. The van der Waals surface area contributed by atoms with Gasteiger partial charge >= 0.3 is 0 Å². The molecule has 136 valence electrons. The van der Waals surface area contributed by atoms with E-state index in [0.29, 0.717) is 17.1 Å². The van der Waals surface area contributed by atoms with Gasteiger partial charge in [0.15, 0.2) is 0 Å². The van der Waals surface area contributed by atoms with Crippen LogP contribution in [0.3, 0.4) is 0 Å². The van der Waals surface area contributed by atoms with Gasteiger partial charge in [-0.2, -0.15) is 0 Å². The topological polar surface area (TPSA) is 44.7 Å². The van der Waals surface area contributed by atoms with Crippen LogP contribution in [0.5, 0.6) is 0 Å². The van der Waals surface area contributed by atoms with Gasteiger partial charge in [-0.05, 0) is 74.8 Å². The van der Waals surface area contributed by atoms with Crippen molar-refractivity contribution in [2.45, 2.75) is 13.0 Å². The lowest BCUT2D eigenvalue weighted by Crippen LogP contribution is -2.35. The fraction of sp³-hybridized carbons (Fsp3) is 0.238. The van der Waals surface area contributed by atoms with Gasteiger partial charge in [0.2, 0.25) is 0 Å². The highest BCUT2D eigenvalue weighted by atomic mass is 35.5. The monoisotopic (exact) mass is 369 g/mol. The Morgan fingerprint density at radius 3 is 2.73 bits per heavy atom. The number of rotatable bonds is 7. The lowest BCUT2D eigenvalue weighted by Gasteiger charge is -2.23. The van der Waals surface area contributed by atoms with Crippen LogP contribution in [0.2, 0.25) is 5.02 Å². The van der Waals surface area contributed by atoms with Gasteiger partial charge in [0.25, 0.3) is 5.91 Å². The summed E-state index contributed by atoms with van der Waals surface area (Å²) in [7, 11) is 3.95. The minimum Gasteiger partial charge on any atom is -0.344 e. The molecule has 0 spiro atoms. The number of carbonyl (C=O) groups excluding carboxylic acids is 1. The summed E-state index contributed by atoms with van der Waals surface area (Å²) in [5.74, 6) is -0.127. The molecule has 5 heteroatoms. The van der Waals surface area contributed by atoms with Gasteiger partial charge in [0.05, 0.1) is 6.04 Å². The summed E-state index contributed by atoms with van der Waals surface area (Å²) in [5.41, 5.74) is 3.59. The second-order valence-electron chi connectivity index (χ2n) is 6.41. The number of carbonyl (C=O) groups is 1. The van der Waals surface area contributed by atoms with Crippen molar-refractivity contribution in [2.24, 2.45) is 4.99 Å². The summed E-state index contributed by atoms with van der Waals surface area (Å²) in [6.45, 7) is 6.10. The molecule has 0 fully saturated rings. The quantitative estimate of drug-likeness (QED) is 0.737. The molecule has 0 aromatic heterocycles. The highest BCUT2D eigenvalue weighted by Gasteiger charge is 2.17. The van der Waals surface area contributed by atoms with Crippen LogP contribution in [0.1, 0.15) is 33.1 Å². The van der Waals surface area contributed by atoms with Crippen LogP contribution < -0.4 is 5.32 Å². The molecule has 0 bridgehead atoms. The first-order valence-electron chi connectivity index (χ1n) is 8.35. The van der Waals surface area contributed by atoms with Gasteiger partial charge in [-0.1, -0.05) is 29.8 Å². The van der Waals surface area contributed by atoms with E-state index in [0.717, 1.165) is 16.7 Å². The van der Waals surface area contributed by atoms with Crippen molar-refractivity contribution in [3.05, 3.63) is 75.9 Å². The predicted molar refractivity (Wildman–Crippen MR) is 110 cm³/mol. The number of hydrogen-bond acceptors (Lipinski definition) is 3. The summed E-state index contributed by atoms with van der Waals surface area (Å²) in [6.07, 6.45) is 3.46. The molecule has 0 heterocycles. The van der Waals surface area contributed by atoms with E-state index in [-0.39, 0.29) is 11.9 Å². The molecule has 2 aromatic rings. The average Bonchev–Trinajstić information content (AvgIpc) is 2.60. The van der Waals surface area contributed by atoms with Gasteiger partial charge in [0, 0.05) is 23.3 Å². The summed E-state index contributed by atoms with van der Waals surface area (Å²) < 4.78 is 0. The summed E-state index contributed by atoms with van der Waals surface area (Å²) >= 11 is 6.12. The van der Waals surface area contributed by atoms with Crippen molar-refractivity contribution in [1.82, 2.24) is 10.2 Å². The van der Waals surface area contributed by atoms with Crippen molar-refractivity contribution in [3.8, 4) is 0 Å². The fourth-order valence-electron chi connectivity index (χ4n) is 2.66. The van der Waals surface area contributed by atoms with E-state index in [2.05, 4.69) is 17.0 Å². The second-order valence-corrected chi connectivity index (χ2v) is 6.85. The molecule has 2 rings (SSSR count). The van der Waals surface area contributed by atoms with Crippen LogP contribution in [-0.2, 0) is 0 Å². The number of aryl methyl sites for hydroxylation is 1. The number of benzene rings is 2. The van der Waals surface area contributed by atoms with Gasteiger partial charge in [-0.3, -0.25) is 9.79 Å². The zero-order valence-corrected chi connectivity index (χ0v) is 16.1. The van der Waals surface area contributed by atoms with Gasteiger partial charge in [-0.15, -0.1) is 0 Å². The number of amides is 1. The fourth-order valence-corrected chi connectivity index (χ4v) is 2.86. The van der Waals surface area contributed by atoms with Gasteiger partial charge in [0.1, 0.15) is 0 Å². The third kappa shape index (κ3) is 5.55. The Hall–Kier alpha value is -2.43. The molecule has 1 N–H and O–H groups in total. The Morgan fingerprint density at radius 2 is 2.08 bits per heavy atom. The Morgan fingerprint density at radius 1 is 1.31 bits per heavy atom. The number of aliphatic imine (C=N–C) groups is 1. The molecular formula is C21H24ClN3O. The second kappa shape index (κ2) is 9.32. The lowest BCUT2D eigenvalue weighted by molar-refractivity contribution is 0.0930. The van der Waals surface area contributed by atoms with Crippen molar-refractivity contribution in [3.63, 3.8) is 0 Å². The minimum atomic E-state index is -0.161. The van der Waals surface area contributed by atoms with Crippen molar-refractivity contribution in [1.29, 1.82) is 0 Å². The van der Waals surface area contributed by atoms with Gasteiger partial charge in [-0.25, -0.2) is 0 Å². The van der Waals surface area contributed by atoms with Crippen LogP contribution in [0.15, 0.2) is 53.7 Å². The maximum Gasteiger partial charge on any atom is 0.251 e. The molecule has 0 aliphatic carbocycles. The first-order chi connectivity index (χ1) is 12.4. The molecule has 0 radical (unpaired) electrons. The minimum absolute atomic E-state index is 0.127. The number of nitrogens with zero attached hydrogens (tertiary/aromatic N) is 2. The van der Waals surface area contributed by atoms with Crippen LogP contribution in [0, 0.1) is 6.92 Å². The van der Waals surface area contributed by atoms with E-state index in [1.807, 2.05) is 74.5 Å². The smallest absolute Gasteiger partial charge is 0.251 e. The first-order valence-corrected chi connectivity index (χ1v) is 8.72. The Labute approximate surface area is 160 Å². The highest BCUT2D eigenvalue weighted by molar-refractivity contribution is 6.30. The van der Waals surface area contributed by atoms with Crippen molar-refractivity contribution < 1.29 is 4.79 Å². The van der Waals surface area contributed by atoms with E-state index in [1.54, 1.807) is 6.20 Å². The molecule has 0 saturated heterocycles. The Balaban J connectivity index is 2.26. The SMILES string of the molecule is C=N/C=C\c1cc(C(=O)N[C@H](CN(C)C)c2cccc(Cl)c2)ccc1C. The average molecular weight is 370 g/mol. The largest absolute Gasteiger partial charge is 0.344 e. The summed E-state index contributed by atoms with van der Waals surface area (Å²) in [4.78, 5) is 18.6. The van der Waals surface area contributed by atoms with Crippen LogP contribution in [-0.4, -0.2) is 38.2 Å². The normalized spacial score (nSPS) is 12.3. The number of halogens is 1. The van der Waals surface area contributed by atoms with Crippen LogP contribution >= 0.6 is 11.6 Å². The molecule has 0 aliphatic heterocycles. The Bertz CT molecular complexity index is 815. The zero-order chi connectivity index (χ0) is 19.1. The highest BCUT2D eigenvalue weighted by Crippen LogP contribution is 2.20. The Kier molecular flexibility index (Phi) is 7.13. The van der Waals surface area contributed by atoms with E-state index in [1.165, 1.54) is 0 Å². The van der Waals surface area contributed by atoms with E-state index < -0.39 is 0 Å². The molecule has 0 unspecified atom stereocenters. The standard InChI is InChI=1S/C21H24ClN3O/c1-15-8-9-18(12-16(15)10-11-23-2)21(26)24-20(14-25(3)4)17-6-5-7-19(22)13-17/h5-13,20H,2,14H2,1,3-4H3,(H,24,26)/b11-10-/t20-/m1/s1. The predicted octanol–water partition coefficient (Wildman–Crippen LogP) is 4.35. The molecule has 0 saturated carbocycles. The van der Waals surface area contributed by atoms with Crippen LogP contribution in [0.25, 0.3) is 6.08 Å². The third-order valence-electron chi connectivity index (χ3n) is 4.01. The molecule has 1 atom stereocenters. The number of nitrogens with one attached hydrogen (secondary N) is 1. The molecule has 0 aliphatic rings. The molecule has 1 amide bonds. The molecule has 26 heavy (non-hydrogen) atoms. The van der Waals surface area contributed by atoms with E-state index >= 15 is 0 Å². The van der Waals surface area contributed by atoms with Crippen molar-refractivity contribution >= 4 is 30.3 Å². The molecule has 4 nitrogen and oxygen atoms in total. The third-order valence-corrected chi connectivity index (χ3v) is 4.24.